The third-order valence-electron chi connectivity index (χ3n) is 12.2. The lowest BCUT2D eigenvalue weighted by atomic mass is 9.65. The second-order valence-corrected chi connectivity index (χ2v) is 15.4. The zero-order valence-corrected chi connectivity index (χ0v) is 32.5. The van der Waals surface area contributed by atoms with Gasteiger partial charge in [0.15, 0.2) is 17.5 Å². The standard InChI is InChI=1S/C56H35N3O/c1-3-17-36(18-4-1)40-32-33-46(42-23-9-8-22-41(40)42)55-58-53(37-19-5-2-6-20-37)57-54(59-55)45-26-10-7-21-39(45)38-31-34-52-50(35-38)56(49-29-15-16-30-51(49)60-52)47-27-13-11-24-43(47)44-25-12-14-28-48(44)56/h1-35H. The third-order valence-corrected chi connectivity index (χ3v) is 12.2. The normalized spacial score (nSPS) is 12.9. The molecule has 0 atom stereocenters. The van der Waals surface area contributed by atoms with E-state index in [4.69, 9.17) is 19.7 Å². The van der Waals surface area contributed by atoms with E-state index >= 15 is 0 Å². The smallest absolute Gasteiger partial charge is 0.164 e. The maximum atomic E-state index is 6.77. The number of benzene rings is 9. The Hall–Kier alpha value is -7.95. The Morgan fingerprint density at radius 1 is 0.283 bits per heavy atom. The summed E-state index contributed by atoms with van der Waals surface area (Å²) < 4.78 is 6.77. The van der Waals surface area contributed by atoms with Crippen molar-refractivity contribution in [1.29, 1.82) is 0 Å². The van der Waals surface area contributed by atoms with Crippen LogP contribution in [0.5, 0.6) is 11.5 Å². The molecular weight excluding hydrogens is 731 g/mol. The summed E-state index contributed by atoms with van der Waals surface area (Å²) in [5, 5.41) is 2.23. The van der Waals surface area contributed by atoms with Gasteiger partial charge >= 0.3 is 0 Å². The van der Waals surface area contributed by atoms with Gasteiger partial charge in [0.05, 0.1) is 5.41 Å². The van der Waals surface area contributed by atoms with Crippen LogP contribution in [-0.4, -0.2) is 15.0 Å². The van der Waals surface area contributed by atoms with E-state index in [-0.39, 0.29) is 0 Å². The van der Waals surface area contributed by atoms with Crippen LogP contribution >= 0.6 is 0 Å². The first-order valence-corrected chi connectivity index (χ1v) is 20.4. The number of rotatable bonds is 5. The Labute approximate surface area is 348 Å². The average Bonchev–Trinajstić information content (AvgIpc) is 3.62. The number of ether oxygens (including phenoxy) is 1. The fourth-order valence-electron chi connectivity index (χ4n) is 9.65. The molecule has 9 aromatic carbocycles. The second kappa shape index (κ2) is 13.6. The summed E-state index contributed by atoms with van der Waals surface area (Å²) in [6, 6.07) is 74.9. The molecule has 1 aliphatic heterocycles. The molecule has 0 radical (unpaired) electrons. The average molecular weight is 766 g/mol. The predicted octanol–water partition coefficient (Wildman–Crippen LogP) is 13.8. The molecule has 1 aliphatic carbocycles. The number of fused-ring (bicyclic) bond motifs is 10. The first-order valence-electron chi connectivity index (χ1n) is 20.4. The van der Waals surface area contributed by atoms with Crippen molar-refractivity contribution in [3.05, 3.63) is 235 Å². The van der Waals surface area contributed by atoms with Gasteiger partial charge in [0.1, 0.15) is 11.5 Å². The highest BCUT2D eigenvalue weighted by Crippen LogP contribution is 2.62. The van der Waals surface area contributed by atoms with Gasteiger partial charge in [-0.15, -0.1) is 0 Å². The maximum absolute atomic E-state index is 6.77. The van der Waals surface area contributed by atoms with Crippen LogP contribution in [0.15, 0.2) is 212 Å². The minimum absolute atomic E-state index is 0.573. The number of aromatic nitrogens is 3. The molecule has 280 valence electrons. The Morgan fingerprint density at radius 3 is 1.47 bits per heavy atom. The highest BCUT2D eigenvalue weighted by molar-refractivity contribution is 6.04. The molecule has 2 heterocycles. The van der Waals surface area contributed by atoms with Crippen LogP contribution in [0.3, 0.4) is 0 Å². The Kier molecular flexibility index (Phi) is 7.72. The Morgan fingerprint density at radius 2 is 0.767 bits per heavy atom. The van der Waals surface area contributed by atoms with Crippen LogP contribution in [0.1, 0.15) is 22.3 Å². The van der Waals surface area contributed by atoms with Gasteiger partial charge in [0, 0.05) is 27.8 Å². The van der Waals surface area contributed by atoms with E-state index in [1.165, 1.54) is 33.4 Å². The quantitative estimate of drug-likeness (QED) is 0.175. The monoisotopic (exact) mass is 765 g/mol. The highest BCUT2D eigenvalue weighted by Gasteiger charge is 2.51. The number of para-hydroxylation sites is 1. The van der Waals surface area contributed by atoms with E-state index < -0.39 is 5.41 Å². The maximum Gasteiger partial charge on any atom is 0.164 e. The van der Waals surface area contributed by atoms with E-state index in [2.05, 4.69) is 194 Å². The molecule has 0 fully saturated rings. The van der Waals surface area contributed by atoms with Gasteiger partial charge in [0.25, 0.3) is 0 Å². The second-order valence-electron chi connectivity index (χ2n) is 15.4. The molecule has 12 rings (SSSR count). The van der Waals surface area contributed by atoms with Crippen molar-refractivity contribution in [3.8, 4) is 79.0 Å². The first-order chi connectivity index (χ1) is 29.8. The van der Waals surface area contributed by atoms with Crippen molar-refractivity contribution >= 4 is 10.8 Å². The van der Waals surface area contributed by atoms with Crippen molar-refractivity contribution in [1.82, 2.24) is 15.0 Å². The van der Waals surface area contributed by atoms with Crippen molar-refractivity contribution in [2.45, 2.75) is 5.41 Å². The lowest BCUT2D eigenvalue weighted by Gasteiger charge is -2.39. The minimum atomic E-state index is -0.573. The zero-order chi connectivity index (χ0) is 39.6. The molecule has 2 aliphatic rings. The molecule has 0 unspecified atom stereocenters. The molecule has 0 amide bonds. The zero-order valence-electron chi connectivity index (χ0n) is 32.5. The van der Waals surface area contributed by atoms with E-state index in [1.54, 1.807) is 0 Å². The van der Waals surface area contributed by atoms with Crippen LogP contribution in [0, 0.1) is 0 Å². The summed E-state index contributed by atoms with van der Waals surface area (Å²) in [4.78, 5) is 15.8. The van der Waals surface area contributed by atoms with E-state index in [0.717, 1.165) is 61.2 Å². The summed E-state index contributed by atoms with van der Waals surface area (Å²) in [6.07, 6.45) is 0. The molecular formula is C56H35N3O. The van der Waals surface area contributed by atoms with Gasteiger partial charge in [-0.25, -0.2) is 15.0 Å². The lowest BCUT2D eigenvalue weighted by Crippen LogP contribution is -2.32. The van der Waals surface area contributed by atoms with Crippen molar-refractivity contribution < 1.29 is 4.74 Å². The van der Waals surface area contributed by atoms with Crippen LogP contribution in [0.2, 0.25) is 0 Å². The van der Waals surface area contributed by atoms with E-state index in [9.17, 15) is 0 Å². The van der Waals surface area contributed by atoms with E-state index in [0.29, 0.717) is 17.5 Å². The Bertz CT molecular complexity index is 3260. The molecule has 0 saturated carbocycles. The van der Waals surface area contributed by atoms with Gasteiger partial charge in [-0.1, -0.05) is 188 Å². The third kappa shape index (κ3) is 5.14. The predicted molar refractivity (Wildman–Crippen MR) is 242 cm³/mol. The van der Waals surface area contributed by atoms with E-state index in [1.807, 2.05) is 18.2 Å². The molecule has 4 heteroatoms. The summed E-state index contributed by atoms with van der Waals surface area (Å²) in [5.74, 6) is 3.57. The summed E-state index contributed by atoms with van der Waals surface area (Å²) in [6.45, 7) is 0. The summed E-state index contributed by atoms with van der Waals surface area (Å²) >= 11 is 0. The molecule has 0 N–H and O–H groups in total. The van der Waals surface area contributed by atoms with Crippen LogP contribution < -0.4 is 4.74 Å². The summed E-state index contributed by atoms with van der Waals surface area (Å²) in [7, 11) is 0. The first kappa shape index (κ1) is 34.1. The van der Waals surface area contributed by atoms with Gasteiger partial charge in [-0.3, -0.25) is 0 Å². The number of hydrogen-bond donors (Lipinski definition) is 0. The van der Waals surface area contributed by atoms with Gasteiger partial charge < -0.3 is 4.74 Å². The fourth-order valence-corrected chi connectivity index (χ4v) is 9.65. The van der Waals surface area contributed by atoms with Crippen molar-refractivity contribution in [2.24, 2.45) is 0 Å². The van der Waals surface area contributed by atoms with Gasteiger partial charge in [0.2, 0.25) is 0 Å². The molecule has 0 saturated heterocycles. The topological polar surface area (TPSA) is 47.9 Å². The van der Waals surface area contributed by atoms with Crippen molar-refractivity contribution in [3.63, 3.8) is 0 Å². The largest absolute Gasteiger partial charge is 0.457 e. The molecule has 60 heavy (non-hydrogen) atoms. The SMILES string of the molecule is c1ccc(-c2nc(-c3ccccc3-c3ccc4c(c3)C3(c5ccccc5O4)c4ccccc4-c4ccccc43)nc(-c3ccc(-c4ccccc4)c4ccccc34)n2)cc1. The minimum Gasteiger partial charge on any atom is -0.457 e. The fraction of sp³-hybridized carbons (Fsp3) is 0.0179. The highest BCUT2D eigenvalue weighted by atomic mass is 16.5. The molecule has 1 aromatic heterocycles. The molecule has 1 spiro atoms. The van der Waals surface area contributed by atoms with Gasteiger partial charge in [-0.05, 0) is 79.5 Å². The van der Waals surface area contributed by atoms with Crippen molar-refractivity contribution in [2.75, 3.05) is 0 Å². The van der Waals surface area contributed by atoms with Crippen LogP contribution in [-0.2, 0) is 5.41 Å². The van der Waals surface area contributed by atoms with Crippen LogP contribution in [0.25, 0.3) is 78.3 Å². The van der Waals surface area contributed by atoms with Crippen LogP contribution in [0.4, 0.5) is 0 Å². The molecule has 10 aromatic rings. The Balaban J connectivity index is 1.07. The number of nitrogens with zero attached hydrogens (tertiary/aromatic N) is 3. The molecule has 4 nitrogen and oxygen atoms in total. The number of hydrogen-bond acceptors (Lipinski definition) is 4. The molecule has 0 bridgehead atoms. The summed E-state index contributed by atoms with van der Waals surface area (Å²) in [5.41, 5.74) is 13.9. The van der Waals surface area contributed by atoms with Gasteiger partial charge in [-0.2, -0.15) is 0 Å². The lowest BCUT2D eigenvalue weighted by molar-refractivity contribution is 0.436.